The zero-order chi connectivity index (χ0) is 29.1. The van der Waals surface area contributed by atoms with E-state index in [0.717, 1.165) is 20.6 Å². The molecule has 3 rings (SSSR count). The highest BCUT2D eigenvalue weighted by molar-refractivity contribution is 7.92. The quantitative estimate of drug-likeness (QED) is 0.248. The molecule has 0 radical (unpaired) electrons. The Bertz CT molecular complexity index is 1320. The van der Waals surface area contributed by atoms with Gasteiger partial charge in [-0.25, -0.2) is 18.2 Å². The Morgan fingerprint density at radius 1 is 0.923 bits per heavy atom. The number of hydrogen-bond acceptors (Lipinski definition) is 7. The van der Waals surface area contributed by atoms with Gasteiger partial charge in [0.25, 0.3) is 11.8 Å². The van der Waals surface area contributed by atoms with Crippen LogP contribution in [-0.2, 0) is 24.3 Å². The molecule has 2 aromatic carbocycles. The van der Waals surface area contributed by atoms with Crippen molar-refractivity contribution in [2.75, 3.05) is 17.2 Å². The van der Waals surface area contributed by atoms with Gasteiger partial charge in [-0.05, 0) is 57.4 Å². The summed E-state index contributed by atoms with van der Waals surface area (Å²) in [5.74, 6) is -2.82. The van der Waals surface area contributed by atoms with E-state index in [4.69, 9.17) is 4.74 Å². The lowest BCUT2D eigenvalue weighted by atomic mass is 10.1. The number of amides is 3. The average molecular weight is 558 g/mol. The number of anilines is 1. The number of hydrogen-bond donors (Lipinski definition) is 0. The van der Waals surface area contributed by atoms with Crippen molar-refractivity contribution in [3.8, 4) is 0 Å². The topological polar surface area (TPSA) is 121 Å². The van der Waals surface area contributed by atoms with Crippen molar-refractivity contribution in [1.82, 2.24) is 9.91 Å². The number of rotatable bonds is 10. The Balaban J connectivity index is 2.18. The highest BCUT2D eigenvalue weighted by Gasteiger charge is 2.45. The van der Waals surface area contributed by atoms with Crippen LogP contribution in [0.4, 0.5) is 5.69 Å². The number of fused-ring (bicyclic) bond motifs is 1. The number of ether oxygens (including phenoxy) is 1. The molecular weight excluding hydrogens is 522 g/mol. The van der Waals surface area contributed by atoms with Gasteiger partial charge in [-0.1, -0.05) is 44.2 Å². The molecule has 11 heteroatoms. The molecule has 0 N–H and O–H groups in total. The second-order valence-corrected chi connectivity index (χ2v) is 12.6. The summed E-state index contributed by atoms with van der Waals surface area (Å²) in [6.07, 6.45) is 1.24. The van der Waals surface area contributed by atoms with E-state index in [1.165, 1.54) is 24.3 Å². The number of benzene rings is 2. The normalized spacial score (nSPS) is 14.3. The first-order valence-corrected chi connectivity index (χ1v) is 14.5. The summed E-state index contributed by atoms with van der Waals surface area (Å²) in [6.45, 7) is 8.09. The summed E-state index contributed by atoms with van der Waals surface area (Å²) in [5, 5.41) is 0.824. The van der Waals surface area contributed by atoms with Crippen LogP contribution in [0.2, 0.25) is 0 Å². The van der Waals surface area contributed by atoms with E-state index < -0.39 is 51.9 Å². The number of hydrazine groups is 1. The number of para-hydroxylation sites is 1. The van der Waals surface area contributed by atoms with Crippen molar-refractivity contribution in [2.45, 2.75) is 59.1 Å². The molecule has 0 saturated carbocycles. The number of nitrogens with zero attached hydrogens (tertiary/aromatic N) is 3. The third-order valence-corrected chi connectivity index (χ3v) is 6.90. The Labute approximate surface area is 229 Å². The second-order valence-electron chi connectivity index (χ2n) is 10.8. The van der Waals surface area contributed by atoms with Crippen LogP contribution in [0.1, 0.15) is 68.2 Å². The zero-order valence-corrected chi connectivity index (χ0v) is 23.9. The van der Waals surface area contributed by atoms with E-state index in [9.17, 15) is 27.6 Å². The molecule has 0 unspecified atom stereocenters. The van der Waals surface area contributed by atoms with Crippen molar-refractivity contribution in [3.05, 3.63) is 65.7 Å². The zero-order valence-electron chi connectivity index (χ0n) is 23.1. The van der Waals surface area contributed by atoms with Gasteiger partial charge < -0.3 is 4.74 Å². The molecule has 1 heterocycles. The fourth-order valence-electron chi connectivity index (χ4n) is 4.16. The lowest BCUT2D eigenvalue weighted by Gasteiger charge is -2.40. The Hall–Kier alpha value is -3.73. The van der Waals surface area contributed by atoms with E-state index >= 15 is 0 Å². The molecule has 1 aliphatic rings. The van der Waals surface area contributed by atoms with Crippen LogP contribution in [0.3, 0.4) is 0 Å². The van der Waals surface area contributed by atoms with Crippen molar-refractivity contribution < 1.29 is 32.3 Å². The average Bonchev–Trinajstić information content (AvgIpc) is 3.08. The lowest BCUT2D eigenvalue weighted by molar-refractivity contribution is -0.165. The number of imide groups is 1. The predicted octanol–water partition coefficient (Wildman–Crippen LogP) is 3.64. The van der Waals surface area contributed by atoms with Gasteiger partial charge >= 0.3 is 5.97 Å². The number of esters is 1. The third-order valence-electron chi connectivity index (χ3n) is 5.89. The Morgan fingerprint density at radius 2 is 1.44 bits per heavy atom. The second kappa shape index (κ2) is 11.6. The first-order valence-electron chi connectivity index (χ1n) is 12.7. The van der Waals surface area contributed by atoms with Gasteiger partial charge in [-0.3, -0.25) is 19.3 Å². The molecule has 1 aliphatic heterocycles. The summed E-state index contributed by atoms with van der Waals surface area (Å²) in [5.41, 5.74) is -0.585. The summed E-state index contributed by atoms with van der Waals surface area (Å²) in [6, 6.07) is 12.4. The van der Waals surface area contributed by atoms with Crippen LogP contribution in [0.5, 0.6) is 0 Å². The molecule has 0 fully saturated rings. The summed E-state index contributed by atoms with van der Waals surface area (Å²) >= 11 is 0. The smallest absolute Gasteiger partial charge is 0.333 e. The fourth-order valence-corrected chi connectivity index (χ4v) is 5.19. The standard InChI is InChI=1S/C28H35N3O7S/c1-19(2)16-17-24(32)30(31(39(6,36)37)20-12-8-7-9-13-20)23(27(35)38-28(3,4)5)18-29-25(33)21-14-10-11-15-22(21)26(29)34/h7-15,19,23H,16-18H2,1-6H3/t23-/m1/s1. The van der Waals surface area contributed by atoms with E-state index in [2.05, 4.69) is 0 Å². The minimum atomic E-state index is -4.20. The predicted molar refractivity (Wildman–Crippen MR) is 146 cm³/mol. The van der Waals surface area contributed by atoms with Crippen molar-refractivity contribution >= 4 is 39.4 Å². The molecule has 0 aromatic heterocycles. The van der Waals surface area contributed by atoms with Crippen LogP contribution in [0, 0.1) is 5.92 Å². The van der Waals surface area contributed by atoms with Gasteiger partial charge in [-0.15, -0.1) is 0 Å². The van der Waals surface area contributed by atoms with Gasteiger partial charge in [0.05, 0.1) is 29.6 Å². The van der Waals surface area contributed by atoms with E-state index in [1.54, 1.807) is 51.1 Å². The van der Waals surface area contributed by atoms with E-state index in [0.29, 0.717) is 6.42 Å². The maximum Gasteiger partial charge on any atom is 0.333 e. The maximum atomic E-state index is 13.8. The van der Waals surface area contributed by atoms with E-state index in [1.807, 2.05) is 13.8 Å². The molecule has 0 aliphatic carbocycles. The highest BCUT2D eigenvalue weighted by atomic mass is 32.2. The third kappa shape index (κ3) is 7.03. The molecule has 210 valence electrons. The fraction of sp³-hybridized carbons (Fsp3) is 0.429. The molecule has 10 nitrogen and oxygen atoms in total. The molecule has 0 saturated heterocycles. The van der Waals surface area contributed by atoms with Gasteiger partial charge in [0.1, 0.15) is 5.60 Å². The molecule has 0 bridgehead atoms. The number of carbonyl (C=O) groups is 4. The molecule has 3 amide bonds. The van der Waals surface area contributed by atoms with Gasteiger partial charge in [0, 0.05) is 6.42 Å². The SMILES string of the molecule is CC(C)CCC(=O)N([C@H](CN1C(=O)c2ccccc2C1=O)C(=O)OC(C)(C)C)N(c1ccccc1)S(C)(=O)=O. The van der Waals surface area contributed by atoms with Crippen molar-refractivity contribution in [1.29, 1.82) is 0 Å². The highest BCUT2D eigenvalue weighted by Crippen LogP contribution is 2.28. The minimum Gasteiger partial charge on any atom is -0.458 e. The van der Waals surface area contributed by atoms with Crippen LogP contribution in [-0.4, -0.2) is 66.5 Å². The van der Waals surface area contributed by atoms with E-state index in [-0.39, 0.29) is 29.2 Å². The summed E-state index contributed by atoms with van der Waals surface area (Å²) in [7, 11) is -4.20. The van der Waals surface area contributed by atoms with Gasteiger partial charge in [0.2, 0.25) is 15.9 Å². The maximum absolute atomic E-state index is 13.8. The minimum absolute atomic E-state index is 0.0854. The van der Waals surface area contributed by atoms with Gasteiger partial charge in [0.15, 0.2) is 6.04 Å². The van der Waals surface area contributed by atoms with Crippen LogP contribution >= 0.6 is 0 Å². The lowest BCUT2D eigenvalue weighted by Crippen LogP contribution is -2.61. The Morgan fingerprint density at radius 3 is 1.90 bits per heavy atom. The van der Waals surface area contributed by atoms with Crippen LogP contribution < -0.4 is 4.41 Å². The van der Waals surface area contributed by atoms with Crippen LogP contribution in [0.15, 0.2) is 54.6 Å². The molecule has 0 spiro atoms. The van der Waals surface area contributed by atoms with Crippen molar-refractivity contribution in [2.24, 2.45) is 5.92 Å². The number of carbonyl (C=O) groups excluding carboxylic acids is 4. The molecule has 39 heavy (non-hydrogen) atoms. The number of sulfonamides is 1. The molecule has 2 aromatic rings. The van der Waals surface area contributed by atoms with Crippen LogP contribution in [0.25, 0.3) is 0 Å². The van der Waals surface area contributed by atoms with Crippen molar-refractivity contribution in [3.63, 3.8) is 0 Å². The summed E-state index contributed by atoms with van der Waals surface area (Å²) in [4.78, 5) is 54.8. The Kier molecular flexibility index (Phi) is 8.84. The van der Waals surface area contributed by atoms with Gasteiger partial charge in [-0.2, -0.15) is 4.41 Å². The monoisotopic (exact) mass is 557 g/mol. The first kappa shape index (κ1) is 29.8. The molecule has 1 atom stereocenters. The summed E-state index contributed by atoms with van der Waals surface area (Å²) < 4.78 is 32.8. The molecular formula is C28H35N3O7S. The largest absolute Gasteiger partial charge is 0.458 e. The first-order chi connectivity index (χ1) is 18.1.